The first kappa shape index (κ1) is 8.83. The van der Waals surface area contributed by atoms with Gasteiger partial charge in [0.2, 0.25) is 0 Å². The number of rotatable bonds is 1. The molecule has 0 N–H and O–H groups in total. The van der Waals surface area contributed by atoms with E-state index in [4.69, 9.17) is 0 Å². The zero-order valence-electron chi connectivity index (χ0n) is 6.14. The lowest BCUT2D eigenvalue weighted by atomic mass is 10.3. The molecule has 1 rings (SSSR count). The molecule has 0 aliphatic rings. The number of methoxy groups -OCH3 is 1. The Kier molecular flexibility index (Phi) is 2.21. The summed E-state index contributed by atoms with van der Waals surface area (Å²) in [6.07, 6.45) is -1.43. The Hall–Kier alpha value is -1.26. The molecule has 0 bridgehead atoms. The zero-order chi connectivity index (χ0) is 9.19. The quantitative estimate of drug-likeness (QED) is 0.652. The van der Waals surface area contributed by atoms with E-state index in [1.165, 1.54) is 7.11 Å². The van der Waals surface area contributed by atoms with Gasteiger partial charge in [0, 0.05) is 0 Å². The molecule has 0 unspecified atom stereocenters. The first-order chi connectivity index (χ1) is 5.54. The van der Waals surface area contributed by atoms with Gasteiger partial charge in [-0.25, -0.2) is 0 Å². The molecule has 0 saturated carbocycles. The van der Waals surface area contributed by atoms with Crippen LogP contribution in [0, 0.1) is 6.20 Å². The van der Waals surface area contributed by atoms with Gasteiger partial charge in [0.25, 0.3) is 0 Å². The van der Waals surface area contributed by atoms with Crippen molar-refractivity contribution in [2.45, 2.75) is 6.18 Å². The standard InChI is InChI=1S/C7H5F3NO/c1-12-6-2-5(3-11-4-6)7(8,9)10/h2,4H,1H3. The smallest absolute Gasteiger partial charge is 0.418 e. The molecule has 0 aliphatic heterocycles. The Morgan fingerprint density at radius 3 is 2.67 bits per heavy atom. The Bertz CT molecular complexity index is 272. The van der Waals surface area contributed by atoms with Gasteiger partial charge in [-0.05, 0) is 6.07 Å². The SMILES string of the molecule is COc1cn[c]c(C(F)(F)F)c1. The third-order valence-electron chi connectivity index (χ3n) is 1.20. The van der Waals surface area contributed by atoms with Crippen molar-refractivity contribution in [3.63, 3.8) is 0 Å². The molecule has 2 nitrogen and oxygen atoms in total. The van der Waals surface area contributed by atoms with Crippen molar-refractivity contribution in [1.29, 1.82) is 0 Å². The molecule has 12 heavy (non-hydrogen) atoms. The number of hydrogen-bond donors (Lipinski definition) is 0. The van der Waals surface area contributed by atoms with Gasteiger partial charge >= 0.3 is 6.18 Å². The normalized spacial score (nSPS) is 11.3. The van der Waals surface area contributed by atoms with Gasteiger partial charge in [-0.2, -0.15) is 13.2 Å². The minimum Gasteiger partial charge on any atom is -0.495 e. The fourth-order valence-corrected chi connectivity index (χ4v) is 0.634. The molecule has 0 atom stereocenters. The Morgan fingerprint density at radius 1 is 1.50 bits per heavy atom. The van der Waals surface area contributed by atoms with E-state index in [0.717, 1.165) is 12.3 Å². The third kappa shape index (κ3) is 1.87. The number of pyridine rings is 1. The second-order valence-corrected chi connectivity index (χ2v) is 2.03. The van der Waals surface area contributed by atoms with Crippen LogP contribution in [0.5, 0.6) is 5.75 Å². The summed E-state index contributed by atoms with van der Waals surface area (Å²) >= 11 is 0. The number of alkyl halides is 3. The fourth-order valence-electron chi connectivity index (χ4n) is 0.634. The van der Waals surface area contributed by atoms with Crippen LogP contribution in [0.3, 0.4) is 0 Å². The molecular formula is C7H5F3NO. The van der Waals surface area contributed by atoms with E-state index in [9.17, 15) is 13.2 Å². The molecule has 0 saturated heterocycles. The maximum absolute atomic E-state index is 12.0. The highest BCUT2D eigenvalue weighted by atomic mass is 19.4. The molecule has 0 aliphatic carbocycles. The minimum atomic E-state index is -4.42. The van der Waals surface area contributed by atoms with E-state index in [0.29, 0.717) is 0 Å². The topological polar surface area (TPSA) is 22.1 Å². The van der Waals surface area contributed by atoms with E-state index in [1.807, 2.05) is 6.20 Å². The molecule has 0 fully saturated rings. The van der Waals surface area contributed by atoms with Crippen LogP contribution in [0.15, 0.2) is 12.3 Å². The van der Waals surface area contributed by atoms with Crippen molar-refractivity contribution in [3.05, 3.63) is 24.0 Å². The lowest BCUT2D eigenvalue weighted by Crippen LogP contribution is -2.05. The second-order valence-electron chi connectivity index (χ2n) is 2.03. The molecular weight excluding hydrogens is 171 g/mol. The molecule has 1 aromatic rings. The summed E-state index contributed by atoms with van der Waals surface area (Å²) in [5.74, 6) is 0.0704. The summed E-state index contributed by atoms with van der Waals surface area (Å²) in [7, 11) is 1.27. The van der Waals surface area contributed by atoms with Gasteiger partial charge in [0.05, 0.1) is 18.9 Å². The van der Waals surface area contributed by atoms with Gasteiger partial charge in [-0.3, -0.25) is 4.98 Å². The summed E-state index contributed by atoms with van der Waals surface area (Å²) in [6, 6.07) is 0.840. The third-order valence-corrected chi connectivity index (χ3v) is 1.20. The van der Waals surface area contributed by atoms with Crippen LogP contribution in [-0.4, -0.2) is 12.1 Å². The van der Waals surface area contributed by atoms with Gasteiger partial charge in [-0.15, -0.1) is 0 Å². The van der Waals surface area contributed by atoms with Crippen molar-refractivity contribution < 1.29 is 17.9 Å². The lowest BCUT2D eigenvalue weighted by Gasteiger charge is -2.05. The van der Waals surface area contributed by atoms with Crippen LogP contribution in [0.4, 0.5) is 13.2 Å². The van der Waals surface area contributed by atoms with Crippen LogP contribution < -0.4 is 4.74 Å². The maximum Gasteiger partial charge on any atom is 0.418 e. The van der Waals surface area contributed by atoms with Gasteiger partial charge < -0.3 is 4.74 Å². The van der Waals surface area contributed by atoms with E-state index in [-0.39, 0.29) is 5.75 Å². The first-order valence-corrected chi connectivity index (χ1v) is 3.03. The second kappa shape index (κ2) is 3.00. The largest absolute Gasteiger partial charge is 0.495 e. The Balaban J connectivity index is 3.02. The van der Waals surface area contributed by atoms with Gasteiger partial charge in [0.15, 0.2) is 0 Å². The van der Waals surface area contributed by atoms with Gasteiger partial charge in [0.1, 0.15) is 11.9 Å². The molecule has 0 aromatic carbocycles. The highest BCUT2D eigenvalue weighted by molar-refractivity contribution is 5.24. The molecule has 1 radical (unpaired) electrons. The van der Waals surface area contributed by atoms with E-state index >= 15 is 0 Å². The highest BCUT2D eigenvalue weighted by Crippen LogP contribution is 2.29. The number of ether oxygens (including phenoxy) is 1. The molecule has 1 aromatic heterocycles. The molecule has 1 heterocycles. The van der Waals surface area contributed by atoms with Crippen LogP contribution in [-0.2, 0) is 6.18 Å². The molecule has 5 heteroatoms. The van der Waals surface area contributed by atoms with Crippen molar-refractivity contribution in [2.24, 2.45) is 0 Å². The van der Waals surface area contributed by atoms with Crippen molar-refractivity contribution in [3.8, 4) is 5.75 Å². The number of hydrogen-bond acceptors (Lipinski definition) is 2. The average Bonchev–Trinajstić information content (AvgIpc) is 2.03. The predicted molar refractivity (Wildman–Crippen MR) is 34.6 cm³/mol. The fraction of sp³-hybridized carbons (Fsp3) is 0.286. The summed E-state index contributed by atoms with van der Waals surface area (Å²) in [4.78, 5) is 3.25. The molecule has 0 spiro atoms. The van der Waals surface area contributed by atoms with Crippen molar-refractivity contribution in [1.82, 2.24) is 4.98 Å². The van der Waals surface area contributed by atoms with Gasteiger partial charge in [-0.1, -0.05) is 0 Å². The first-order valence-electron chi connectivity index (χ1n) is 3.03. The Morgan fingerprint density at radius 2 is 2.17 bits per heavy atom. The van der Waals surface area contributed by atoms with Crippen LogP contribution in [0.2, 0.25) is 0 Å². The number of aromatic nitrogens is 1. The monoisotopic (exact) mass is 176 g/mol. The van der Waals surface area contributed by atoms with Crippen molar-refractivity contribution in [2.75, 3.05) is 7.11 Å². The van der Waals surface area contributed by atoms with Crippen LogP contribution >= 0.6 is 0 Å². The number of nitrogens with zero attached hydrogens (tertiary/aromatic N) is 1. The molecule has 65 valence electrons. The summed E-state index contributed by atoms with van der Waals surface area (Å²) < 4.78 is 40.5. The van der Waals surface area contributed by atoms with Crippen LogP contribution in [0.25, 0.3) is 0 Å². The molecule has 0 amide bonds. The van der Waals surface area contributed by atoms with E-state index in [1.54, 1.807) is 0 Å². The lowest BCUT2D eigenvalue weighted by molar-refractivity contribution is -0.138. The Labute approximate surface area is 67.0 Å². The highest BCUT2D eigenvalue weighted by Gasteiger charge is 2.31. The van der Waals surface area contributed by atoms with E-state index in [2.05, 4.69) is 9.72 Å². The number of halogens is 3. The maximum atomic E-state index is 12.0. The summed E-state index contributed by atoms with van der Waals surface area (Å²) in [5.41, 5.74) is -0.929. The van der Waals surface area contributed by atoms with E-state index < -0.39 is 11.7 Å². The van der Waals surface area contributed by atoms with Crippen molar-refractivity contribution >= 4 is 0 Å². The minimum absolute atomic E-state index is 0.0704. The summed E-state index contributed by atoms with van der Waals surface area (Å²) in [5, 5.41) is 0. The summed E-state index contributed by atoms with van der Waals surface area (Å²) in [6.45, 7) is 0. The average molecular weight is 176 g/mol. The van der Waals surface area contributed by atoms with Crippen LogP contribution in [0.1, 0.15) is 5.56 Å². The zero-order valence-corrected chi connectivity index (χ0v) is 6.14. The predicted octanol–water partition coefficient (Wildman–Crippen LogP) is 1.91.